The van der Waals surface area contributed by atoms with E-state index in [0.29, 0.717) is 10.6 Å². The van der Waals surface area contributed by atoms with Crippen molar-refractivity contribution < 1.29 is 19.4 Å². The first-order valence-corrected chi connectivity index (χ1v) is 5.45. The number of nitrogens with one attached hydrogen (secondary N) is 1. The van der Waals surface area contributed by atoms with Gasteiger partial charge in [0.05, 0.1) is 0 Å². The zero-order chi connectivity index (χ0) is 13.3. The highest BCUT2D eigenvalue weighted by atomic mass is 35.5. The van der Waals surface area contributed by atoms with Gasteiger partial charge in [0.15, 0.2) is 5.76 Å². The van der Waals surface area contributed by atoms with Crippen LogP contribution in [0, 0.1) is 0 Å². The van der Waals surface area contributed by atoms with Gasteiger partial charge in [0, 0.05) is 17.5 Å². The highest BCUT2D eigenvalue weighted by Gasteiger charge is 2.21. The molecule has 0 spiro atoms. The number of furan rings is 1. The van der Waals surface area contributed by atoms with Crippen LogP contribution in [0.5, 0.6) is 11.5 Å². The van der Waals surface area contributed by atoms with Gasteiger partial charge < -0.3 is 14.6 Å². The fraction of sp³-hybridized carbons (Fsp3) is 0.0833. The monoisotopic (exact) mass is 267 g/mol. The van der Waals surface area contributed by atoms with Crippen LogP contribution in [0.2, 0.25) is 5.02 Å². The maximum Gasteiger partial charge on any atom is 0.246 e. The van der Waals surface area contributed by atoms with Crippen LogP contribution in [0.4, 0.5) is 5.88 Å². The summed E-state index contributed by atoms with van der Waals surface area (Å²) in [5.74, 6) is -1.54. The number of aromatic hydroxyl groups is 2. The van der Waals surface area contributed by atoms with E-state index in [0.717, 1.165) is 0 Å². The van der Waals surface area contributed by atoms with Crippen molar-refractivity contribution in [3.05, 3.63) is 29.3 Å². The van der Waals surface area contributed by atoms with Gasteiger partial charge in [-0.25, -0.2) is 0 Å². The van der Waals surface area contributed by atoms with E-state index in [1.807, 2.05) is 0 Å². The number of carbonyl (C=O) groups is 1. The van der Waals surface area contributed by atoms with E-state index in [2.05, 4.69) is 5.32 Å². The topological polar surface area (TPSA) is 82.7 Å². The van der Waals surface area contributed by atoms with Gasteiger partial charge in [-0.05, 0) is 12.1 Å². The van der Waals surface area contributed by atoms with Crippen LogP contribution < -0.4 is 5.32 Å². The first kappa shape index (κ1) is 12.3. The minimum Gasteiger partial charge on any atom is -0.502 e. The van der Waals surface area contributed by atoms with E-state index >= 15 is 0 Å². The van der Waals surface area contributed by atoms with Gasteiger partial charge in [0.25, 0.3) is 0 Å². The summed E-state index contributed by atoms with van der Waals surface area (Å²) < 4.78 is 5.21. The molecular formula is C12H10ClNO4. The molecule has 0 fully saturated rings. The zero-order valence-corrected chi connectivity index (χ0v) is 10.2. The molecule has 2 aromatic rings. The highest BCUT2D eigenvalue weighted by Crippen LogP contribution is 2.45. The van der Waals surface area contributed by atoms with E-state index < -0.39 is 17.4 Å². The third kappa shape index (κ3) is 2.26. The molecule has 1 aromatic carbocycles. The number of hydrogen-bond acceptors (Lipinski definition) is 4. The second kappa shape index (κ2) is 4.62. The lowest BCUT2D eigenvalue weighted by molar-refractivity contribution is -0.114. The summed E-state index contributed by atoms with van der Waals surface area (Å²) in [5.41, 5.74) is 0.493. The maximum absolute atomic E-state index is 10.9. The Hall–Kier alpha value is -2.14. The van der Waals surface area contributed by atoms with Crippen molar-refractivity contribution >= 4 is 23.4 Å². The molecule has 0 saturated heterocycles. The first-order valence-electron chi connectivity index (χ1n) is 5.07. The van der Waals surface area contributed by atoms with Crippen molar-refractivity contribution in [2.24, 2.45) is 0 Å². The summed E-state index contributed by atoms with van der Waals surface area (Å²) in [6, 6.07) is 6.56. The number of halogens is 1. The highest BCUT2D eigenvalue weighted by molar-refractivity contribution is 6.30. The lowest BCUT2D eigenvalue weighted by Crippen LogP contribution is -2.04. The van der Waals surface area contributed by atoms with Crippen molar-refractivity contribution in [3.63, 3.8) is 0 Å². The second-order valence-corrected chi connectivity index (χ2v) is 4.09. The van der Waals surface area contributed by atoms with Crippen LogP contribution in [0.15, 0.2) is 28.7 Å². The second-order valence-electron chi connectivity index (χ2n) is 3.65. The van der Waals surface area contributed by atoms with Crippen molar-refractivity contribution in [3.8, 4) is 22.8 Å². The summed E-state index contributed by atoms with van der Waals surface area (Å²) in [7, 11) is 0. The van der Waals surface area contributed by atoms with Crippen LogP contribution in [0.1, 0.15) is 6.92 Å². The van der Waals surface area contributed by atoms with E-state index in [1.165, 1.54) is 6.92 Å². The SMILES string of the molecule is CC(=O)Nc1oc(-c2cccc(Cl)c2)c(O)c1O. The lowest BCUT2D eigenvalue weighted by Gasteiger charge is -1.98. The molecule has 18 heavy (non-hydrogen) atoms. The van der Waals surface area contributed by atoms with E-state index in [1.54, 1.807) is 24.3 Å². The summed E-state index contributed by atoms with van der Waals surface area (Å²) in [6.07, 6.45) is 0. The minimum atomic E-state index is -0.514. The Bertz CT molecular complexity index is 606. The standard InChI is InChI=1S/C12H10ClNO4/c1-6(15)14-12-10(17)9(16)11(18-12)7-3-2-4-8(13)5-7/h2-5,16-17H,1H3,(H,14,15). The molecule has 6 heteroatoms. The van der Waals surface area contributed by atoms with E-state index in [4.69, 9.17) is 16.0 Å². The van der Waals surface area contributed by atoms with Gasteiger partial charge in [0.2, 0.25) is 23.3 Å². The van der Waals surface area contributed by atoms with Crippen LogP contribution in [0.3, 0.4) is 0 Å². The molecule has 0 radical (unpaired) electrons. The molecule has 5 nitrogen and oxygen atoms in total. The number of amides is 1. The average Bonchev–Trinajstić information content (AvgIpc) is 2.57. The molecule has 2 rings (SSSR count). The Kier molecular flexibility index (Phi) is 3.16. The van der Waals surface area contributed by atoms with Gasteiger partial charge in [-0.2, -0.15) is 0 Å². The van der Waals surface area contributed by atoms with Crippen LogP contribution in [-0.4, -0.2) is 16.1 Å². The number of hydrogen-bond donors (Lipinski definition) is 3. The fourth-order valence-corrected chi connectivity index (χ4v) is 1.67. The smallest absolute Gasteiger partial charge is 0.246 e. The number of benzene rings is 1. The number of rotatable bonds is 2. The molecule has 0 aliphatic carbocycles. The normalized spacial score (nSPS) is 10.3. The molecule has 0 unspecified atom stereocenters. The Morgan fingerprint density at radius 1 is 1.33 bits per heavy atom. The molecule has 0 aliphatic rings. The lowest BCUT2D eigenvalue weighted by atomic mass is 10.1. The van der Waals surface area contributed by atoms with Crippen molar-refractivity contribution in [1.29, 1.82) is 0 Å². The first-order chi connectivity index (χ1) is 8.49. The van der Waals surface area contributed by atoms with Crippen LogP contribution in [-0.2, 0) is 4.79 Å². The Morgan fingerprint density at radius 2 is 2.06 bits per heavy atom. The summed E-state index contributed by atoms with van der Waals surface area (Å²) in [5, 5.41) is 22.1. The van der Waals surface area contributed by atoms with Crippen molar-refractivity contribution in [2.75, 3.05) is 5.32 Å². The van der Waals surface area contributed by atoms with E-state index in [-0.39, 0.29) is 11.6 Å². The van der Waals surface area contributed by atoms with Crippen molar-refractivity contribution in [2.45, 2.75) is 6.92 Å². The molecule has 1 heterocycles. The Morgan fingerprint density at radius 3 is 2.67 bits per heavy atom. The van der Waals surface area contributed by atoms with Gasteiger partial charge in [-0.1, -0.05) is 23.7 Å². The number of carbonyl (C=O) groups excluding carboxylic acids is 1. The summed E-state index contributed by atoms with van der Waals surface area (Å²) >= 11 is 5.82. The van der Waals surface area contributed by atoms with Gasteiger partial charge in [-0.15, -0.1) is 0 Å². The molecule has 0 bridgehead atoms. The molecule has 0 saturated carbocycles. The summed E-state index contributed by atoms with van der Waals surface area (Å²) in [6.45, 7) is 1.26. The summed E-state index contributed by atoms with van der Waals surface area (Å²) in [4.78, 5) is 10.9. The number of anilines is 1. The van der Waals surface area contributed by atoms with Crippen LogP contribution >= 0.6 is 11.6 Å². The third-order valence-corrected chi connectivity index (χ3v) is 2.47. The average molecular weight is 268 g/mol. The largest absolute Gasteiger partial charge is 0.502 e. The Balaban J connectivity index is 2.49. The van der Waals surface area contributed by atoms with Gasteiger partial charge >= 0.3 is 0 Å². The molecule has 94 valence electrons. The quantitative estimate of drug-likeness (QED) is 0.781. The molecular weight excluding hydrogens is 258 g/mol. The molecule has 1 amide bonds. The van der Waals surface area contributed by atoms with Gasteiger partial charge in [-0.3, -0.25) is 10.1 Å². The maximum atomic E-state index is 10.9. The molecule has 1 aromatic heterocycles. The van der Waals surface area contributed by atoms with Crippen LogP contribution in [0.25, 0.3) is 11.3 Å². The van der Waals surface area contributed by atoms with E-state index in [9.17, 15) is 15.0 Å². The van der Waals surface area contributed by atoms with Gasteiger partial charge in [0.1, 0.15) is 0 Å². The Labute approximate surface area is 108 Å². The predicted octanol–water partition coefficient (Wildman–Crippen LogP) is 2.97. The molecule has 3 N–H and O–H groups in total. The fourth-order valence-electron chi connectivity index (χ4n) is 1.48. The third-order valence-electron chi connectivity index (χ3n) is 2.23. The minimum absolute atomic E-state index is 0.0405. The van der Waals surface area contributed by atoms with Crippen molar-refractivity contribution in [1.82, 2.24) is 0 Å². The molecule has 0 aliphatic heterocycles. The predicted molar refractivity (Wildman–Crippen MR) is 66.8 cm³/mol. The zero-order valence-electron chi connectivity index (χ0n) is 9.40. The molecule has 0 atom stereocenters.